The maximum Gasteiger partial charge on any atom is 0.271 e. The van der Waals surface area contributed by atoms with E-state index in [4.69, 9.17) is 4.74 Å². The fraction of sp³-hybridized carbons (Fsp3) is 0.292. The highest BCUT2D eigenvalue weighted by molar-refractivity contribution is 7.09. The van der Waals surface area contributed by atoms with Gasteiger partial charge >= 0.3 is 0 Å². The van der Waals surface area contributed by atoms with E-state index >= 15 is 0 Å². The molecule has 1 saturated carbocycles. The molecule has 3 aromatic rings. The number of aromatic nitrogens is 1. The minimum absolute atomic E-state index is 0.0542. The number of nitrogens with one attached hydrogen (secondary N) is 2. The quantitative estimate of drug-likeness (QED) is 0.533. The van der Waals surface area contributed by atoms with Gasteiger partial charge in [0, 0.05) is 23.0 Å². The third-order valence-electron chi connectivity index (χ3n) is 5.48. The Morgan fingerprint density at radius 2 is 1.64 bits per heavy atom. The Hall–Kier alpha value is -3.33. The van der Waals surface area contributed by atoms with Crippen LogP contribution in [0.5, 0.6) is 5.75 Å². The predicted octanol–water partition coefficient (Wildman–Crippen LogP) is 4.47. The Labute approximate surface area is 194 Å². The largest absolute Gasteiger partial charge is 0.483 e. The van der Waals surface area contributed by atoms with Crippen LogP contribution in [0.3, 0.4) is 0 Å². The summed E-state index contributed by atoms with van der Waals surface area (Å²) in [5.41, 5.74) is 0.618. The van der Waals surface area contributed by atoms with Gasteiger partial charge in [0.15, 0.2) is 11.6 Å². The average Bonchev–Trinajstić information content (AvgIpc) is 3.29. The molecular formula is C24H23F2N3O3S. The van der Waals surface area contributed by atoms with Crippen LogP contribution in [0.25, 0.3) is 0 Å². The van der Waals surface area contributed by atoms with Gasteiger partial charge in [-0.3, -0.25) is 9.59 Å². The van der Waals surface area contributed by atoms with Crippen molar-refractivity contribution < 1.29 is 23.1 Å². The average molecular weight is 472 g/mol. The van der Waals surface area contributed by atoms with Crippen LogP contribution in [-0.4, -0.2) is 28.9 Å². The van der Waals surface area contributed by atoms with Gasteiger partial charge < -0.3 is 15.4 Å². The number of ether oxygens (including phenoxy) is 1. The standard InChI is InChI=1S/C24H23F2N3O3S/c25-16-11-9-15(10-12-16)23(30)28-18-6-2-3-7-19(18)29-24(31)20-14-33-22(27-20)13-32-21-8-4-1-5-17(21)26/h1,4-5,8-12,14,18-19H,2-3,6-7,13H2,(H,28,30)(H,29,31). The summed E-state index contributed by atoms with van der Waals surface area (Å²) in [6.45, 7) is 0.0542. The molecule has 9 heteroatoms. The first-order chi connectivity index (χ1) is 16.0. The maximum atomic E-state index is 13.7. The van der Waals surface area contributed by atoms with Gasteiger partial charge in [-0.1, -0.05) is 25.0 Å². The Morgan fingerprint density at radius 3 is 2.33 bits per heavy atom. The van der Waals surface area contributed by atoms with Crippen molar-refractivity contribution in [3.63, 3.8) is 0 Å². The smallest absolute Gasteiger partial charge is 0.271 e. The molecule has 2 aromatic carbocycles. The van der Waals surface area contributed by atoms with Crippen molar-refractivity contribution in [3.8, 4) is 5.75 Å². The number of thiazole rings is 1. The van der Waals surface area contributed by atoms with Crippen LogP contribution in [0.15, 0.2) is 53.9 Å². The van der Waals surface area contributed by atoms with Crippen molar-refractivity contribution in [3.05, 3.63) is 81.8 Å². The monoisotopic (exact) mass is 471 g/mol. The van der Waals surface area contributed by atoms with E-state index in [1.54, 1.807) is 17.5 Å². The molecule has 2 unspecified atom stereocenters. The summed E-state index contributed by atoms with van der Waals surface area (Å²) in [4.78, 5) is 29.6. The van der Waals surface area contributed by atoms with Crippen molar-refractivity contribution >= 4 is 23.2 Å². The number of para-hydroxylation sites is 1. The Kier molecular flexibility index (Phi) is 7.29. The summed E-state index contributed by atoms with van der Waals surface area (Å²) >= 11 is 1.26. The molecule has 1 aromatic heterocycles. The molecule has 172 valence electrons. The van der Waals surface area contributed by atoms with Crippen molar-refractivity contribution in [2.45, 2.75) is 44.4 Å². The normalized spacial score (nSPS) is 17.9. The Bertz CT molecular complexity index is 1120. The second kappa shape index (κ2) is 10.5. The number of nitrogens with zero attached hydrogens (tertiary/aromatic N) is 1. The molecule has 0 saturated heterocycles. The van der Waals surface area contributed by atoms with Crippen LogP contribution in [0.4, 0.5) is 8.78 Å². The van der Waals surface area contributed by atoms with Gasteiger partial charge in [0.25, 0.3) is 11.8 Å². The van der Waals surface area contributed by atoms with E-state index in [1.165, 1.54) is 47.7 Å². The number of amides is 2. The molecule has 0 radical (unpaired) electrons. The topological polar surface area (TPSA) is 80.3 Å². The molecule has 2 N–H and O–H groups in total. The predicted molar refractivity (Wildman–Crippen MR) is 120 cm³/mol. The van der Waals surface area contributed by atoms with E-state index in [1.807, 2.05) is 0 Å². The van der Waals surface area contributed by atoms with Gasteiger partial charge in [0.05, 0.1) is 0 Å². The van der Waals surface area contributed by atoms with Crippen molar-refractivity contribution in [1.82, 2.24) is 15.6 Å². The minimum atomic E-state index is -0.460. The number of hydrogen-bond donors (Lipinski definition) is 2. The van der Waals surface area contributed by atoms with E-state index in [-0.39, 0.29) is 41.9 Å². The fourth-order valence-corrected chi connectivity index (χ4v) is 4.44. The molecule has 4 rings (SSSR count). The SMILES string of the molecule is O=C(NC1CCCCC1NC(=O)c1csc(COc2ccccc2F)n1)c1ccc(F)cc1. The number of carbonyl (C=O) groups is 2. The highest BCUT2D eigenvalue weighted by Gasteiger charge is 2.29. The van der Waals surface area contributed by atoms with Crippen LogP contribution in [0.2, 0.25) is 0 Å². The first-order valence-electron chi connectivity index (χ1n) is 10.7. The second-order valence-corrected chi connectivity index (χ2v) is 8.74. The van der Waals surface area contributed by atoms with Gasteiger partial charge in [0.1, 0.15) is 23.1 Å². The third-order valence-corrected chi connectivity index (χ3v) is 6.30. The molecule has 1 fully saturated rings. The number of rotatable bonds is 7. The van der Waals surface area contributed by atoms with Gasteiger partial charge in [-0.2, -0.15) is 0 Å². The van der Waals surface area contributed by atoms with Crippen LogP contribution in [0, 0.1) is 11.6 Å². The summed E-state index contributed by atoms with van der Waals surface area (Å²) in [7, 11) is 0. The van der Waals surface area contributed by atoms with Crippen LogP contribution in [-0.2, 0) is 6.61 Å². The first kappa shape index (κ1) is 22.8. The van der Waals surface area contributed by atoms with Gasteiger partial charge in [-0.25, -0.2) is 13.8 Å². The van der Waals surface area contributed by atoms with E-state index in [0.717, 1.165) is 25.7 Å². The number of benzene rings is 2. The molecule has 1 aliphatic rings. The molecule has 0 bridgehead atoms. The van der Waals surface area contributed by atoms with Crippen molar-refractivity contribution in [2.24, 2.45) is 0 Å². The first-order valence-corrected chi connectivity index (χ1v) is 11.6. The third kappa shape index (κ3) is 5.92. The molecule has 0 aliphatic heterocycles. The highest BCUT2D eigenvalue weighted by Crippen LogP contribution is 2.21. The van der Waals surface area contributed by atoms with Gasteiger partial charge in [-0.15, -0.1) is 11.3 Å². The Balaban J connectivity index is 1.35. The maximum absolute atomic E-state index is 13.7. The second-order valence-electron chi connectivity index (χ2n) is 7.80. The summed E-state index contributed by atoms with van der Waals surface area (Å²) in [5.74, 6) is -1.38. The van der Waals surface area contributed by atoms with Crippen molar-refractivity contribution in [1.29, 1.82) is 0 Å². The van der Waals surface area contributed by atoms with E-state index in [0.29, 0.717) is 10.6 Å². The van der Waals surface area contributed by atoms with Gasteiger partial charge in [0.2, 0.25) is 0 Å². The minimum Gasteiger partial charge on any atom is -0.483 e. The summed E-state index contributed by atoms with van der Waals surface area (Å²) in [6, 6.07) is 11.0. The number of halogens is 2. The van der Waals surface area contributed by atoms with E-state index in [9.17, 15) is 18.4 Å². The lowest BCUT2D eigenvalue weighted by molar-refractivity contribution is 0.0860. The zero-order valence-corrected chi connectivity index (χ0v) is 18.5. The van der Waals surface area contributed by atoms with Crippen LogP contribution < -0.4 is 15.4 Å². The molecule has 6 nitrogen and oxygen atoms in total. The zero-order chi connectivity index (χ0) is 23.2. The van der Waals surface area contributed by atoms with Crippen LogP contribution in [0.1, 0.15) is 51.5 Å². The van der Waals surface area contributed by atoms with Crippen molar-refractivity contribution in [2.75, 3.05) is 0 Å². The lowest BCUT2D eigenvalue weighted by Crippen LogP contribution is -2.53. The zero-order valence-electron chi connectivity index (χ0n) is 17.7. The molecule has 1 aliphatic carbocycles. The summed E-state index contributed by atoms with van der Waals surface area (Å²) < 4.78 is 32.3. The molecule has 1 heterocycles. The molecule has 2 amide bonds. The summed E-state index contributed by atoms with van der Waals surface area (Å²) in [5, 5.41) is 8.12. The summed E-state index contributed by atoms with van der Waals surface area (Å²) in [6.07, 6.45) is 3.34. The van der Waals surface area contributed by atoms with E-state index < -0.39 is 11.6 Å². The highest BCUT2D eigenvalue weighted by atomic mass is 32.1. The van der Waals surface area contributed by atoms with E-state index in [2.05, 4.69) is 15.6 Å². The van der Waals surface area contributed by atoms with Crippen LogP contribution >= 0.6 is 11.3 Å². The molecule has 0 spiro atoms. The Morgan fingerprint density at radius 1 is 0.970 bits per heavy atom. The molecule has 2 atom stereocenters. The number of carbonyl (C=O) groups excluding carboxylic acids is 2. The molecule has 33 heavy (non-hydrogen) atoms. The lowest BCUT2D eigenvalue weighted by atomic mass is 9.90. The molecular weight excluding hydrogens is 448 g/mol. The fourth-order valence-electron chi connectivity index (χ4n) is 3.75. The van der Waals surface area contributed by atoms with Gasteiger partial charge in [-0.05, 0) is 49.2 Å². The number of hydrogen-bond acceptors (Lipinski definition) is 5. The lowest BCUT2D eigenvalue weighted by Gasteiger charge is -2.32.